The molecule has 1 N–H and O–H groups in total. The number of ether oxygens (including phenoxy) is 2. The number of carbonyl (C=O) groups is 2. The van der Waals surface area contributed by atoms with E-state index in [1.807, 2.05) is 0 Å². The normalized spacial score (nSPS) is 28.8. The minimum Gasteiger partial charge on any atom is -0.481 e. The molecule has 2 rings (SSSR count). The third-order valence-electron chi connectivity index (χ3n) is 4.68. The number of carboxylic acid groups (broad SMARTS) is 1. The number of carbonyl (C=O) groups excluding carboxylic acids is 1. The molecule has 1 saturated heterocycles. The Morgan fingerprint density at radius 3 is 2.05 bits per heavy atom. The van der Waals surface area contributed by atoms with Crippen molar-refractivity contribution in [3.8, 4) is 0 Å². The predicted molar refractivity (Wildman–Crippen MR) is 71.3 cm³/mol. The molecule has 20 heavy (non-hydrogen) atoms. The summed E-state index contributed by atoms with van der Waals surface area (Å²) in [5, 5.41) is 9.43. The molecule has 0 spiro atoms. The lowest BCUT2D eigenvalue weighted by atomic mass is 9.82. The second kappa shape index (κ2) is 6.10. The molecule has 0 aromatic carbocycles. The van der Waals surface area contributed by atoms with Crippen molar-refractivity contribution < 1.29 is 24.2 Å². The van der Waals surface area contributed by atoms with Crippen molar-refractivity contribution in [1.82, 2.24) is 4.90 Å². The first-order valence-electron chi connectivity index (χ1n) is 7.09. The van der Waals surface area contributed by atoms with Crippen LogP contribution in [0, 0.1) is 5.41 Å². The van der Waals surface area contributed by atoms with Crippen molar-refractivity contribution in [2.24, 2.45) is 5.41 Å². The maximum Gasteiger partial charge on any atom is 0.310 e. The zero-order valence-corrected chi connectivity index (χ0v) is 12.1. The highest BCUT2D eigenvalue weighted by Gasteiger charge is 2.45. The molecule has 2 fully saturated rings. The minimum atomic E-state index is -0.856. The number of nitrogens with zero attached hydrogens (tertiary/aromatic N) is 1. The van der Waals surface area contributed by atoms with E-state index in [-0.39, 0.29) is 24.5 Å². The molecule has 0 bridgehead atoms. The second-order valence-electron chi connectivity index (χ2n) is 5.82. The lowest BCUT2D eigenvalue weighted by Crippen LogP contribution is -2.38. The number of hydrogen-bond acceptors (Lipinski definition) is 4. The van der Waals surface area contributed by atoms with Crippen LogP contribution in [0.15, 0.2) is 0 Å². The molecular formula is C14H23NO5. The molecule has 1 saturated carbocycles. The Bertz CT molecular complexity index is 366. The predicted octanol–water partition coefficient (Wildman–Crippen LogP) is 0.894. The third-order valence-corrected chi connectivity index (χ3v) is 4.68. The molecule has 0 aromatic rings. The van der Waals surface area contributed by atoms with Crippen molar-refractivity contribution in [3.05, 3.63) is 0 Å². The number of aliphatic carboxylic acids is 1. The minimum absolute atomic E-state index is 0.0925. The van der Waals surface area contributed by atoms with Gasteiger partial charge in [0.25, 0.3) is 0 Å². The molecule has 6 nitrogen and oxygen atoms in total. The topological polar surface area (TPSA) is 76.1 Å². The van der Waals surface area contributed by atoms with Crippen LogP contribution < -0.4 is 0 Å². The second-order valence-corrected chi connectivity index (χ2v) is 5.82. The fourth-order valence-corrected chi connectivity index (χ4v) is 3.32. The molecule has 1 amide bonds. The molecule has 6 heteroatoms. The lowest BCUT2D eigenvalue weighted by molar-refractivity contribution is -0.153. The van der Waals surface area contributed by atoms with Gasteiger partial charge in [-0.2, -0.15) is 0 Å². The van der Waals surface area contributed by atoms with Gasteiger partial charge < -0.3 is 19.5 Å². The zero-order chi connectivity index (χ0) is 14.8. The first-order chi connectivity index (χ1) is 9.52. The van der Waals surface area contributed by atoms with Gasteiger partial charge in [-0.3, -0.25) is 9.59 Å². The van der Waals surface area contributed by atoms with Crippen LogP contribution in [0.1, 0.15) is 32.1 Å². The van der Waals surface area contributed by atoms with Crippen molar-refractivity contribution in [3.63, 3.8) is 0 Å². The van der Waals surface area contributed by atoms with Crippen LogP contribution in [-0.2, 0) is 19.1 Å². The molecule has 0 aromatic heterocycles. The van der Waals surface area contributed by atoms with Crippen molar-refractivity contribution in [1.29, 1.82) is 0 Å². The maximum atomic E-state index is 12.4. The summed E-state index contributed by atoms with van der Waals surface area (Å²) >= 11 is 0. The summed E-state index contributed by atoms with van der Waals surface area (Å²) in [5.41, 5.74) is -0.856. The van der Waals surface area contributed by atoms with Crippen LogP contribution >= 0.6 is 0 Å². The largest absolute Gasteiger partial charge is 0.481 e. The number of methoxy groups -OCH3 is 2. The molecular weight excluding hydrogens is 262 g/mol. The van der Waals surface area contributed by atoms with Gasteiger partial charge in [0.15, 0.2) is 0 Å². The van der Waals surface area contributed by atoms with E-state index in [1.54, 1.807) is 19.1 Å². The van der Waals surface area contributed by atoms with E-state index in [4.69, 9.17) is 9.47 Å². The summed E-state index contributed by atoms with van der Waals surface area (Å²) in [5.74, 6) is -0.940. The van der Waals surface area contributed by atoms with Crippen molar-refractivity contribution in [2.75, 3.05) is 27.3 Å². The van der Waals surface area contributed by atoms with E-state index in [1.165, 1.54) is 0 Å². The van der Waals surface area contributed by atoms with Gasteiger partial charge >= 0.3 is 5.97 Å². The highest BCUT2D eigenvalue weighted by atomic mass is 16.5. The van der Waals surface area contributed by atoms with E-state index in [0.29, 0.717) is 25.9 Å². The first kappa shape index (κ1) is 15.3. The van der Waals surface area contributed by atoms with Crippen LogP contribution in [0.2, 0.25) is 0 Å². The zero-order valence-electron chi connectivity index (χ0n) is 12.1. The Hall–Kier alpha value is -1.14. The van der Waals surface area contributed by atoms with Gasteiger partial charge in [-0.05, 0) is 12.8 Å². The van der Waals surface area contributed by atoms with Gasteiger partial charge in [-0.15, -0.1) is 0 Å². The first-order valence-corrected chi connectivity index (χ1v) is 7.09. The van der Waals surface area contributed by atoms with E-state index >= 15 is 0 Å². The number of hydrogen-bond donors (Lipinski definition) is 1. The van der Waals surface area contributed by atoms with Crippen LogP contribution in [0.5, 0.6) is 0 Å². The quantitative estimate of drug-likeness (QED) is 0.812. The highest BCUT2D eigenvalue weighted by molar-refractivity contribution is 5.85. The molecule has 1 aliphatic heterocycles. The van der Waals surface area contributed by atoms with Gasteiger partial charge in [0.2, 0.25) is 5.91 Å². The summed E-state index contributed by atoms with van der Waals surface area (Å²) in [4.78, 5) is 25.6. The average Bonchev–Trinajstić information content (AvgIpc) is 3.04. The molecule has 114 valence electrons. The van der Waals surface area contributed by atoms with Crippen molar-refractivity contribution >= 4 is 11.9 Å². The fraction of sp³-hybridized carbons (Fsp3) is 0.857. The molecule has 2 aliphatic rings. The number of carboxylic acids is 1. The number of amides is 1. The van der Waals surface area contributed by atoms with E-state index in [2.05, 4.69) is 0 Å². The summed E-state index contributed by atoms with van der Waals surface area (Å²) < 4.78 is 10.6. The fourth-order valence-electron chi connectivity index (χ4n) is 3.32. The number of likely N-dealkylation sites (tertiary alicyclic amines) is 1. The summed E-state index contributed by atoms with van der Waals surface area (Å²) in [6, 6.07) is 0. The Balaban J connectivity index is 2.00. The van der Waals surface area contributed by atoms with Gasteiger partial charge in [0, 0.05) is 33.7 Å². The molecule has 0 radical (unpaired) electrons. The van der Waals surface area contributed by atoms with Crippen LogP contribution in [0.25, 0.3) is 0 Å². The Morgan fingerprint density at radius 1 is 1.15 bits per heavy atom. The summed E-state index contributed by atoms with van der Waals surface area (Å²) in [7, 11) is 3.20. The Morgan fingerprint density at radius 2 is 1.65 bits per heavy atom. The van der Waals surface area contributed by atoms with Gasteiger partial charge in [-0.1, -0.05) is 12.8 Å². The Kier molecular flexibility index (Phi) is 4.65. The lowest BCUT2D eigenvalue weighted by Gasteiger charge is -2.26. The van der Waals surface area contributed by atoms with Gasteiger partial charge in [0.1, 0.15) is 12.2 Å². The van der Waals surface area contributed by atoms with Gasteiger partial charge in [-0.25, -0.2) is 0 Å². The highest BCUT2D eigenvalue weighted by Crippen LogP contribution is 2.42. The standard InChI is InChI=1S/C14H23NO5/c1-19-10-8-15(9-11(10)20-2)12(16)7-14(13(17)18)5-3-4-6-14/h10-11H,3-9H2,1-2H3,(H,17,18). The summed E-state index contributed by atoms with van der Waals surface area (Å²) in [6.45, 7) is 0.951. The summed E-state index contributed by atoms with van der Waals surface area (Å²) in [6.07, 6.45) is 2.81. The van der Waals surface area contributed by atoms with Crippen LogP contribution in [-0.4, -0.2) is 61.4 Å². The molecule has 2 atom stereocenters. The van der Waals surface area contributed by atoms with Crippen LogP contribution in [0.3, 0.4) is 0 Å². The smallest absolute Gasteiger partial charge is 0.310 e. The third kappa shape index (κ3) is 2.81. The van der Waals surface area contributed by atoms with E-state index in [0.717, 1.165) is 12.8 Å². The maximum absolute atomic E-state index is 12.4. The van der Waals surface area contributed by atoms with E-state index < -0.39 is 11.4 Å². The average molecular weight is 285 g/mol. The monoisotopic (exact) mass is 285 g/mol. The number of rotatable bonds is 5. The SMILES string of the molecule is COC1CN(C(=O)CC2(C(=O)O)CCCC2)CC1OC. The van der Waals surface area contributed by atoms with Gasteiger partial charge in [0.05, 0.1) is 5.41 Å². The van der Waals surface area contributed by atoms with Crippen molar-refractivity contribution in [2.45, 2.75) is 44.3 Å². The van der Waals surface area contributed by atoms with Crippen LogP contribution in [0.4, 0.5) is 0 Å². The molecule has 1 aliphatic carbocycles. The Labute approximate surface area is 119 Å². The molecule has 2 unspecified atom stereocenters. The van der Waals surface area contributed by atoms with E-state index in [9.17, 15) is 14.7 Å². The molecule has 1 heterocycles.